The fraction of sp³-hybridized carbons (Fsp3) is 0.286. The van der Waals surface area contributed by atoms with E-state index in [9.17, 15) is 5.26 Å². The number of H-pyrrole nitrogens is 1. The highest BCUT2D eigenvalue weighted by molar-refractivity contribution is 9.10. The molecule has 3 rings (SSSR count). The molecule has 0 bridgehead atoms. The normalized spacial score (nSPS) is 12.9. The van der Waals surface area contributed by atoms with Crippen molar-refractivity contribution in [1.29, 1.82) is 5.26 Å². The molecule has 0 saturated heterocycles. The summed E-state index contributed by atoms with van der Waals surface area (Å²) in [6, 6.07) is 18.6. The Morgan fingerprint density at radius 1 is 1.19 bits per heavy atom. The van der Waals surface area contributed by atoms with Gasteiger partial charge in [-0.2, -0.15) is 10.4 Å². The molecule has 3 aromatic rings. The largest absolute Gasteiger partial charge is 0.494 e. The second-order valence-corrected chi connectivity index (χ2v) is 7.27. The molecular formula is C21H21BrN4O. The number of nitriles is 1. The van der Waals surface area contributed by atoms with Gasteiger partial charge in [0.2, 0.25) is 0 Å². The Labute approximate surface area is 167 Å². The van der Waals surface area contributed by atoms with E-state index in [0.717, 1.165) is 22.2 Å². The number of aryl methyl sites for hydroxylation is 1. The molecule has 0 saturated carbocycles. The zero-order chi connectivity index (χ0) is 19.1. The lowest BCUT2D eigenvalue weighted by atomic mass is 9.74. The first-order valence-corrected chi connectivity index (χ1v) is 9.68. The predicted octanol–water partition coefficient (Wildman–Crippen LogP) is 4.60. The van der Waals surface area contributed by atoms with Crippen molar-refractivity contribution < 1.29 is 4.74 Å². The number of ether oxygens (including phenoxy) is 1. The number of nitrogens with zero attached hydrogens (tertiary/aromatic N) is 3. The molecule has 138 valence electrons. The minimum absolute atomic E-state index is 0.449. The summed E-state index contributed by atoms with van der Waals surface area (Å²) in [6.07, 6.45) is 3.34. The van der Waals surface area contributed by atoms with Crippen LogP contribution in [0.25, 0.3) is 0 Å². The Morgan fingerprint density at radius 2 is 1.96 bits per heavy atom. The van der Waals surface area contributed by atoms with Gasteiger partial charge in [0.1, 0.15) is 17.9 Å². The third-order valence-corrected chi connectivity index (χ3v) is 5.13. The maximum Gasteiger partial charge on any atom is 0.137 e. The van der Waals surface area contributed by atoms with Gasteiger partial charge in [-0.15, -0.1) is 0 Å². The molecule has 1 atom stereocenters. The van der Waals surface area contributed by atoms with Crippen molar-refractivity contribution >= 4 is 15.9 Å². The van der Waals surface area contributed by atoms with E-state index in [0.29, 0.717) is 25.3 Å². The van der Waals surface area contributed by atoms with Crippen LogP contribution in [0.5, 0.6) is 5.75 Å². The molecule has 1 aromatic heterocycles. The summed E-state index contributed by atoms with van der Waals surface area (Å²) < 4.78 is 6.87. The Balaban J connectivity index is 1.97. The minimum atomic E-state index is -0.766. The van der Waals surface area contributed by atoms with Gasteiger partial charge in [-0.25, -0.2) is 4.98 Å². The van der Waals surface area contributed by atoms with Crippen molar-refractivity contribution in [2.45, 2.75) is 31.6 Å². The number of aromatic amines is 1. The van der Waals surface area contributed by atoms with Crippen molar-refractivity contribution in [3.05, 3.63) is 76.3 Å². The number of halogens is 1. The lowest BCUT2D eigenvalue weighted by molar-refractivity contribution is 0.326. The third-order valence-electron chi connectivity index (χ3n) is 4.60. The van der Waals surface area contributed by atoms with Crippen molar-refractivity contribution in [3.63, 3.8) is 0 Å². The van der Waals surface area contributed by atoms with Crippen LogP contribution in [-0.4, -0.2) is 21.8 Å². The molecule has 0 fully saturated rings. The quantitative estimate of drug-likeness (QED) is 0.572. The molecule has 6 heteroatoms. The highest BCUT2D eigenvalue weighted by Gasteiger charge is 2.36. The molecule has 0 aliphatic heterocycles. The van der Waals surface area contributed by atoms with E-state index in [2.05, 4.69) is 49.3 Å². The van der Waals surface area contributed by atoms with Crippen LogP contribution in [0.3, 0.4) is 0 Å². The molecular weight excluding hydrogens is 404 g/mol. The maximum atomic E-state index is 10.3. The van der Waals surface area contributed by atoms with Crippen LogP contribution in [0.15, 0.2) is 59.3 Å². The summed E-state index contributed by atoms with van der Waals surface area (Å²) in [5.74, 6) is 1.44. The Hall–Kier alpha value is -2.65. The Bertz CT molecular complexity index is 903. The molecule has 27 heavy (non-hydrogen) atoms. The van der Waals surface area contributed by atoms with Crippen LogP contribution >= 0.6 is 15.9 Å². The lowest BCUT2D eigenvalue weighted by Gasteiger charge is -2.28. The van der Waals surface area contributed by atoms with E-state index in [4.69, 9.17) is 4.74 Å². The number of hydrogen-bond donors (Lipinski definition) is 1. The summed E-state index contributed by atoms with van der Waals surface area (Å²) in [6.45, 7) is 2.50. The van der Waals surface area contributed by atoms with E-state index in [1.807, 2.05) is 43.3 Å². The zero-order valence-corrected chi connectivity index (χ0v) is 16.7. The fourth-order valence-electron chi connectivity index (χ4n) is 3.23. The molecule has 0 aliphatic rings. The first-order chi connectivity index (χ1) is 13.2. The molecule has 1 N–H and O–H groups in total. The van der Waals surface area contributed by atoms with Gasteiger partial charge in [-0.1, -0.05) is 46.3 Å². The molecule has 1 unspecified atom stereocenters. The van der Waals surface area contributed by atoms with E-state index in [1.54, 1.807) is 0 Å². The fourth-order valence-corrected chi connectivity index (χ4v) is 3.49. The average Bonchev–Trinajstić information content (AvgIpc) is 3.20. The Kier molecular flexibility index (Phi) is 6.25. The van der Waals surface area contributed by atoms with Gasteiger partial charge in [-0.05, 0) is 43.5 Å². The van der Waals surface area contributed by atoms with Crippen LogP contribution in [0, 0.1) is 11.3 Å². The van der Waals surface area contributed by atoms with E-state index < -0.39 is 5.41 Å². The smallest absolute Gasteiger partial charge is 0.137 e. The van der Waals surface area contributed by atoms with Crippen LogP contribution in [0.4, 0.5) is 0 Å². The zero-order valence-electron chi connectivity index (χ0n) is 15.2. The van der Waals surface area contributed by atoms with Crippen LogP contribution in [-0.2, 0) is 18.3 Å². The van der Waals surface area contributed by atoms with Crippen molar-refractivity contribution in [2.24, 2.45) is 0 Å². The first kappa shape index (κ1) is 19.1. The first-order valence-electron chi connectivity index (χ1n) is 8.89. The van der Waals surface area contributed by atoms with Crippen LogP contribution in [0.1, 0.15) is 30.3 Å². The average molecular weight is 425 g/mol. The number of para-hydroxylation sites is 1. The van der Waals surface area contributed by atoms with E-state index >= 15 is 0 Å². The van der Waals surface area contributed by atoms with Gasteiger partial charge in [0.05, 0.1) is 18.1 Å². The number of benzene rings is 2. The summed E-state index contributed by atoms with van der Waals surface area (Å²) in [7, 11) is 0. The molecule has 5 nitrogen and oxygen atoms in total. The Morgan fingerprint density at radius 3 is 2.63 bits per heavy atom. The van der Waals surface area contributed by atoms with Gasteiger partial charge in [0.25, 0.3) is 0 Å². The van der Waals surface area contributed by atoms with Gasteiger partial charge < -0.3 is 4.74 Å². The number of aromatic nitrogens is 3. The highest BCUT2D eigenvalue weighted by atomic mass is 79.9. The monoisotopic (exact) mass is 424 g/mol. The summed E-state index contributed by atoms with van der Waals surface area (Å²) in [4.78, 5) is 4.25. The van der Waals surface area contributed by atoms with Gasteiger partial charge >= 0.3 is 0 Å². The highest BCUT2D eigenvalue weighted by Crippen LogP contribution is 2.38. The molecule has 2 aromatic carbocycles. The van der Waals surface area contributed by atoms with E-state index in [-0.39, 0.29) is 0 Å². The lowest BCUT2D eigenvalue weighted by Crippen LogP contribution is -2.29. The van der Waals surface area contributed by atoms with E-state index in [1.165, 1.54) is 11.9 Å². The number of nitrogens with one attached hydrogen (secondary N) is 1. The van der Waals surface area contributed by atoms with Crippen molar-refractivity contribution in [2.75, 3.05) is 6.61 Å². The van der Waals surface area contributed by atoms with Crippen LogP contribution < -0.4 is 4.74 Å². The predicted molar refractivity (Wildman–Crippen MR) is 107 cm³/mol. The third kappa shape index (κ3) is 4.55. The maximum absolute atomic E-state index is 10.3. The molecule has 1 heterocycles. The molecule has 0 amide bonds. The summed E-state index contributed by atoms with van der Waals surface area (Å²) in [5, 5.41) is 17.1. The summed E-state index contributed by atoms with van der Waals surface area (Å²) >= 11 is 3.46. The molecule has 0 radical (unpaired) electrons. The van der Waals surface area contributed by atoms with Crippen molar-refractivity contribution in [1.82, 2.24) is 15.2 Å². The number of hydrogen-bond acceptors (Lipinski definition) is 4. The second kappa shape index (κ2) is 8.83. The van der Waals surface area contributed by atoms with Crippen LogP contribution in [0.2, 0.25) is 0 Å². The molecule has 0 aliphatic carbocycles. The van der Waals surface area contributed by atoms with Gasteiger partial charge in [0, 0.05) is 16.5 Å². The summed E-state index contributed by atoms with van der Waals surface area (Å²) in [5.41, 5.74) is 1.31. The SMILES string of the molecule is CCOc1ccccc1C(C#N)(CCc1ccc(Br)cc1)Cc1ncn[nH]1. The minimum Gasteiger partial charge on any atom is -0.494 e. The van der Waals surface area contributed by atoms with Gasteiger partial charge in [-0.3, -0.25) is 5.10 Å². The topological polar surface area (TPSA) is 74.6 Å². The number of rotatable bonds is 8. The van der Waals surface area contributed by atoms with Gasteiger partial charge in [0.15, 0.2) is 0 Å². The second-order valence-electron chi connectivity index (χ2n) is 6.36. The van der Waals surface area contributed by atoms with Crippen molar-refractivity contribution in [3.8, 4) is 11.8 Å². The standard InChI is InChI=1S/C21H21BrN4O/c1-2-27-19-6-4-3-5-18(19)21(14-23,13-20-24-15-25-26-20)12-11-16-7-9-17(22)10-8-16/h3-10,15H,2,11-13H2,1H3,(H,24,25,26). The molecule has 0 spiro atoms.